The van der Waals surface area contributed by atoms with Gasteiger partial charge in [0.25, 0.3) is 0 Å². The lowest BCUT2D eigenvalue weighted by molar-refractivity contribution is 0.698. The first kappa shape index (κ1) is 13.9. The second-order valence-electron chi connectivity index (χ2n) is 4.32. The van der Waals surface area contributed by atoms with Crippen molar-refractivity contribution in [3.05, 3.63) is 39.0 Å². The first-order valence-corrected chi connectivity index (χ1v) is 7.16. The van der Waals surface area contributed by atoms with Gasteiger partial charge in [-0.25, -0.2) is 0 Å². The van der Waals surface area contributed by atoms with Gasteiger partial charge in [-0.05, 0) is 37.8 Å². The van der Waals surface area contributed by atoms with Gasteiger partial charge in [-0.1, -0.05) is 47.3 Å². The summed E-state index contributed by atoms with van der Waals surface area (Å²) in [6.07, 6.45) is 8.14. The molecule has 1 aromatic carbocycles. The molecule has 1 aliphatic rings. The predicted molar refractivity (Wildman–Crippen MR) is 79.4 cm³/mol. The molecule has 1 aliphatic carbocycles. The molecule has 2 rings (SSSR count). The second-order valence-corrected chi connectivity index (χ2v) is 5.57. The van der Waals surface area contributed by atoms with E-state index in [1.165, 1.54) is 25.0 Å². The van der Waals surface area contributed by atoms with E-state index < -0.39 is 0 Å². The summed E-state index contributed by atoms with van der Waals surface area (Å²) in [7, 11) is 0. The molecule has 0 spiro atoms. The number of allylic oxidation sites excluding steroid dienone is 2. The highest BCUT2D eigenvalue weighted by atomic mass is 35.5. The van der Waals surface area contributed by atoms with Crippen molar-refractivity contribution in [2.75, 3.05) is 5.43 Å². The first-order valence-electron chi connectivity index (χ1n) is 6.02. The molecule has 18 heavy (non-hydrogen) atoms. The fourth-order valence-electron chi connectivity index (χ4n) is 1.93. The maximum atomic E-state index is 6.09. The van der Waals surface area contributed by atoms with Crippen molar-refractivity contribution in [2.45, 2.75) is 32.1 Å². The smallest absolute Gasteiger partial charge is 0.0913 e. The monoisotopic (exact) mass is 304 g/mol. The Bertz CT molecular complexity index is 435. The van der Waals surface area contributed by atoms with E-state index in [1.54, 1.807) is 12.1 Å². The number of hydrazine groups is 1. The Morgan fingerprint density at radius 1 is 0.889 bits per heavy atom. The van der Waals surface area contributed by atoms with E-state index in [1.807, 2.05) is 0 Å². The third-order valence-corrected chi connectivity index (χ3v) is 3.71. The van der Waals surface area contributed by atoms with Crippen molar-refractivity contribution in [3.63, 3.8) is 0 Å². The molecule has 0 heterocycles. The Balaban J connectivity index is 2.03. The van der Waals surface area contributed by atoms with Gasteiger partial charge in [-0.3, -0.25) is 5.43 Å². The van der Waals surface area contributed by atoms with Crippen LogP contribution < -0.4 is 10.9 Å². The predicted octanol–water partition coefficient (Wildman–Crippen LogP) is 5.41. The highest BCUT2D eigenvalue weighted by Crippen LogP contribution is 2.33. The van der Waals surface area contributed by atoms with E-state index in [-0.39, 0.29) is 0 Å². The Morgan fingerprint density at radius 3 is 2.33 bits per heavy atom. The van der Waals surface area contributed by atoms with Crippen LogP contribution >= 0.6 is 34.8 Å². The van der Waals surface area contributed by atoms with E-state index >= 15 is 0 Å². The fraction of sp³-hybridized carbons (Fsp3) is 0.385. The van der Waals surface area contributed by atoms with Gasteiger partial charge in [0.05, 0.1) is 15.7 Å². The van der Waals surface area contributed by atoms with Gasteiger partial charge < -0.3 is 5.43 Å². The minimum atomic E-state index is 0.509. The van der Waals surface area contributed by atoms with Crippen LogP contribution in [0.4, 0.5) is 5.69 Å². The number of benzene rings is 1. The molecule has 0 unspecified atom stereocenters. The molecule has 0 bridgehead atoms. The molecule has 0 saturated carbocycles. The van der Waals surface area contributed by atoms with Gasteiger partial charge in [-0.2, -0.15) is 0 Å². The zero-order valence-corrected chi connectivity index (χ0v) is 12.2. The van der Waals surface area contributed by atoms with Gasteiger partial charge in [0.1, 0.15) is 0 Å². The van der Waals surface area contributed by atoms with Gasteiger partial charge in [0, 0.05) is 10.7 Å². The standard InChI is InChI=1S/C13H15Cl3N2/c14-9-7-11(15)13(12(16)8-9)18-17-10-5-3-1-2-4-6-10/h5,7-8,17-18H,1-4,6H2. The number of anilines is 1. The van der Waals surface area contributed by atoms with Crippen LogP contribution in [0.3, 0.4) is 0 Å². The summed E-state index contributed by atoms with van der Waals surface area (Å²) in [5, 5.41) is 1.55. The lowest BCUT2D eigenvalue weighted by atomic mass is 10.2. The van der Waals surface area contributed by atoms with Crippen LogP contribution in [-0.2, 0) is 0 Å². The van der Waals surface area contributed by atoms with E-state index in [0.717, 1.165) is 12.8 Å². The molecule has 2 N–H and O–H groups in total. The maximum Gasteiger partial charge on any atom is 0.0913 e. The highest BCUT2D eigenvalue weighted by molar-refractivity contribution is 6.41. The number of hydrogen-bond acceptors (Lipinski definition) is 2. The van der Waals surface area contributed by atoms with E-state index in [4.69, 9.17) is 34.8 Å². The Morgan fingerprint density at radius 2 is 1.61 bits per heavy atom. The largest absolute Gasteiger partial charge is 0.305 e. The quantitative estimate of drug-likeness (QED) is 0.729. The van der Waals surface area contributed by atoms with E-state index in [0.29, 0.717) is 20.8 Å². The zero-order valence-electron chi connectivity index (χ0n) is 9.90. The normalized spacial score (nSPS) is 15.8. The summed E-state index contributed by atoms with van der Waals surface area (Å²) in [6, 6.07) is 3.33. The van der Waals surface area contributed by atoms with Crippen LogP contribution in [0.5, 0.6) is 0 Å². The molecule has 0 atom stereocenters. The van der Waals surface area contributed by atoms with E-state index in [2.05, 4.69) is 16.9 Å². The minimum Gasteiger partial charge on any atom is -0.305 e. The van der Waals surface area contributed by atoms with Crippen LogP contribution in [0.15, 0.2) is 23.9 Å². The number of nitrogens with one attached hydrogen (secondary N) is 2. The summed E-state index contributed by atoms with van der Waals surface area (Å²) in [5.74, 6) is 0. The molecular weight excluding hydrogens is 291 g/mol. The van der Waals surface area contributed by atoms with Crippen LogP contribution in [-0.4, -0.2) is 0 Å². The molecule has 0 fully saturated rings. The molecule has 1 aromatic rings. The lowest BCUT2D eigenvalue weighted by Crippen LogP contribution is -2.21. The SMILES string of the molecule is Clc1cc(Cl)c(NNC2=CCCCCC2)c(Cl)c1. The molecule has 2 nitrogen and oxygen atoms in total. The molecule has 0 amide bonds. The summed E-state index contributed by atoms with van der Waals surface area (Å²) < 4.78 is 0. The van der Waals surface area contributed by atoms with Crippen LogP contribution in [0.25, 0.3) is 0 Å². The topological polar surface area (TPSA) is 24.1 Å². The molecule has 98 valence electrons. The van der Waals surface area contributed by atoms with Gasteiger partial charge in [0.15, 0.2) is 0 Å². The van der Waals surface area contributed by atoms with Crippen LogP contribution in [0, 0.1) is 0 Å². The number of halogens is 3. The first-order chi connectivity index (χ1) is 8.66. The molecule has 0 aliphatic heterocycles. The van der Waals surface area contributed by atoms with Gasteiger partial charge in [0.2, 0.25) is 0 Å². The summed E-state index contributed by atoms with van der Waals surface area (Å²) >= 11 is 18.1. The zero-order chi connectivity index (χ0) is 13.0. The Kier molecular flexibility index (Phi) is 5.04. The lowest BCUT2D eigenvalue weighted by Gasteiger charge is -2.15. The fourth-order valence-corrected chi connectivity index (χ4v) is 2.84. The molecule has 0 radical (unpaired) electrons. The molecule has 0 aromatic heterocycles. The number of rotatable bonds is 3. The summed E-state index contributed by atoms with van der Waals surface area (Å²) in [5.41, 5.74) is 8.09. The molecule has 0 saturated heterocycles. The van der Waals surface area contributed by atoms with Crippen molar-refractivity contribution >= 4 is 40.5 Å². The number of hydrogen-bond donors (Lipinski definition) is 2. The molecule has 5 heteroatoms. The van der Waals surface area contributed by atoms with E-state index in [9.17, 15) is 0 Å². The van der Waals surface area contributed by atoms with Gasteiger partial charge >= 0.3 is 0 Å². The van der Waals surface area contributed by atoms with Crippen LogP contribution in [0.2, 0.25) is 15.1 Å². The van der Waals surface area contributed by atoms with Crippen molar-refractivity contribution in [1.82, 2.24) is 5.43 Å². The average Bonchev–Trinajstić information content (AvgIpc) is 2.56. The third-order valence-electron chi connectivity index (χ3n) is 2.90. The van der Waals surface area contributed by atoms with Crippen molar-refractivity contribution in [3.8, 4) is 0 Å². The maximum absolute atomic E-state index is 6.09. The summed E-state index contributed by atoms with van der Waals surface area (Å²) in [6.45, 7) is 0. The van der Waals surface area contributed by atoms with Crippen molar-refractivity contribution < 1.29 is 0 Å². The average molecular weight is 306 g/mol. The molecular formula is C13H15Cl3N2. The third kappa shape index (κ3) is 3.71. The summed E-state index contributed by atoms with van der Waals surface area (Å²) in [4.78, 5) is 0. The second kappa shape index (κ2) is 6.55. The van der Waals surface area contributed by atoms with Crippen molar-refractivity contribution in [1.29, 1.82) is 0 Å². The highest BCUT2D eigenvalue weighted by Gasteiger charge is 2.08. The Labute approximate surface area is 122 Å². The Hall–Kier alpha value is -0.570. The van der Waals surface area contributed by atoms with Crippen LogP contribution in [0.1, 0.15) is 32.1 Å². The van der Waals surface area contributed by atoms with Gasteiger partial charge in [-0.15, -0.1) is 0 Å². The minimum absolute atomic E-state index is 0.509. The van der Waals surface area contributed by atoms with Crippen molar-refractivity contribution in [2.24, 2.45) is 0 Å².